The van der Waals surface area contributed by atoms with E-state index in [9.17, 15) is 9.59 Å². The van der Waals surface area contributed by atoms with E-state index in [0.29, 0.717) is 17.0 Å². The lowest BCUT2D eigenvalue weighted by Crippen LogP contribution is -2.31. The molecule has 27 heavy (non-hydrogen) atoms. The molecule has 0 saturated carbocycles. The number of benzene rings is 1. The van der Waals surface area contributed by atoms with Gasteiger partial charge in [0.1, 0.15) is 11.5 Å². The molecule has 5 nitrogen and oxygen atoms in total. The van der Waals surface area contributed by atoms with Gasteiger partial charge in [0.25, 0.3) is 11.8 Å². The lowest BCUT2D eigenvalue weighted by molar-refractivity contribution is -0.137. The Balaban J connectivity index is 1.74. The first-order valence-corrected chi connectivity index (χ1v) is 9.43. The number of anilines is 1. The summed E-state index contributed by atoms with van der Waals surface area (Å²) in [4.78, 5) is 28.1. The number of carbonyl (C=O) groups is 2. The van der Waals surface area contributed by atoms with Crippen molar-refractivity contribution in [3.8, 4) is 0 Å². The molecule has 6 heteroatoms. The molecule has 3 aromatic rings. The Morgan fingerprint density at radius 2 is 1.81 bits per heavy atom. The largest absolute Gasteiger partial charge is 0.467 e. The molecule has 2 amide bonds. The standard InChI is InChI=1S/C21H18N2O3S/c1-13-9-14(2)11-15(10-13)22-19-18(17-6-4-8-27-17)20(24)23(21(19)25)12-16-5-3-7-26-16/h3-11,22H,12H2,1-2H3. The van der Waals surface area contributed by atoms with Gasteiger partial charge in [0, 0.05) is 10.6 Å². The number of carbonyl (C=O) groups excluding carboxylic acids is 2. The number of amides is 2. The number of imide groups is 1. The number of aryl methyl sites for hydroxylation is 2. The van der Waals surface area contributed by atoms with Crippen molar-refractivity contribution in [3.63, 3.8) is 0 Å². The molecule has 0 fully saturated rings. The smallest absolute Gasteiger partial charge is 0.278 e. The van der Waals surface area contributed by atoms with Gasteiger partial charge in [0.05, 0.1) is 18.4 Å². The summed E-state index contributed by atoms with van der Waals surface area (Å²) in [5.74, 6) is -0.0976. The zero-order chi connectivity index (χ0) is 19.0. The van der Waals surface area contributed by atoms with Gasteiger partial charge in [0.2, 0.25) is 0 Å². The summed E-state index contributed by atoms with van der Waals surface area (Å²) in [6.07, 6.45) is 1.53. The highest BCUT2D eigenvalue weighted by molar-refractivity contribution is 7.11. The molecule has 2 aromatic heterocycles. The summed E-state index contributed by atoms with van der Waals surface area (Å²) in [5, 5.41) is 5.09. The van der Waals surface area contributed by atoms with Crippen LogP contribution in [0.15, 0.2) is 64.2 Å². The maximum Gasteiger partial charge on any atom is 0.278 e. The van der Waals surface area contributed by atoms with Crippen molar-refractivity contribution in [2.75, 3.05) is 5.32 Å². The molecule has 0 saturated heterocycles. The van der Waals surface area contributed by atoms with Gasteiger partial charge in [-0.25, -0.2) is 0 Å². The molecular weight excluding hydrogens is 360 g/mol. The Labute approximate surface area is 160 Å². The van der Waals surface area contributed by atoms with Gasteiger partial charge >= 0.3 is 0 Å². The minimum absolute atomic E-state index is 0.109. The third-order valence-corrected chi connectivity index (χ3v) is 5.21. The van der Waals surface area contributed by atoms with Gasteiger partial charge < -0.3 is 9.73 Å². The Bertz CT molecular complexity index is 1010. The average molecular weight is 378 g/mol. The Kier molecular flexibility index (Phi) is 4.41. The quantitative estimate of drug-likeness (QED) is 0.671. The second kappa shape index (κ2) is 6.89. The van der Waals surface area contributed by atoms with Gasteiger partial charge in [-0.2, -0.15) is 0 Å². The fourth-order valence-electron chi connectivity index (χ4n) is 3.23. The SMILES string of the molecule is Cc1cc(C)cc(NC2=C(c3cccs3)C(=O)N(Cc3ccco3)C2=O)c1. The van der Waals surface area contributed by atoms with Gasteiger partial charge in [-0.1, -0.05) is 12.1 Å². The predicted molar refractivity (Wildman–Crippen MR) is 105 cm³/mol. The number of nitrogens with one attached hydrogen (secondary N) is 1. The predicted octanol–water partition coefficient (Wildman–Crippen LogP) is 4.35. The molecule has 1 aliphatic heterocycles. The van der Waals surface area contributed by atoms with Crippen LogP contribution < -0.4 is 5.32 Å². The van der Waals surface area contributed by atoms with Gasteiger partial charge in [-0.15, -0.1) is 11.3 Å². The molecule has 0 radical (unpaired) electrons. The normalized spacial score (nSPS) is 14.4. The fourth-order valence-corrected chi connectivity index (χ4v) is 4.00. The lowest BCUT2D eigenvalue weighted by Gasteiger charge is -2.14. The molecule has 3 heterocycles. The highest BCUT2D eigenvalue weighted by atomic mass is 32.1. The second-order valence-electron chi connectivity index (χ2n) is 6.50. The molecule has 0 aliphatic carbocycles. The summed E-state index contributed by atoms with van der Waals surface area (Å²) in [7, 11) is 0. The van der Waals surface area contributed by atoms with Crippen molar-refractivity contribution < 1.29 is 14.0 Å². The van der Waals surface area contributed by atoms with E-state index in [2.05, 4.69) is 11.4 Å². The summed E-state index contributed by atoms with van der Waals surface area (Å²) < 4.78 is 5.32. The van der Waals surface area contributed by atoms with Crippen LogP contribution in [0.5, 0.6) is 0 Å². The summed E-state index contributed by atoms with van der Waals surface area (Å²) in [6.45, 7) is 4.10. The number of hydrogen-bond acceptors (Lipinski definition) is 5. The van der Waals surface area contributed by atoms with Crippen LogP contribution in [0, 0.1) is 13.8 Å². The van der Waals surface area contributed by atoms with Crippen molar-refractivity contribution in [1.82, 2.24) is 4.90 Å². The lowest BCUT2D eigenvalue weighted by atomic mass is 10.1. The molecule has 136 valence electrons. The zero-order valence-electron chi connectivity index (χ0n) is 15.0. The average Bonchev–Trinajstić information content (AvgIpc) is 3.34. The first kappa shape index (κ1) is 17.3. The molecule has 0 atom stereocenters. The van der Waals surface area contributed by atoms with E-state index in [1.165, 1.54) is 22.5 Å². The van der Waals surface area contributed by atoms with E-state index in [-0.39, 0.29) is 18.4 Å². The fraction of sp³-hybridized carbons (Fsp3) is 0.143. The minimum Gasteiger partial charge on any atom is -0.467 e. The van der Waals surface area contributed by atoms with Crippen LogP contribution in [0.4, 0.5) is 5.69 Å². The molecule has 4 rings (SSSR count). The van der Waals surface area contributed by atoms with E-state index in [1.54, 1.807) is 12.1 Å². The topological polar surface area (TPSA) is 62.6 Å². The van der Waals surface area contributed by atoms with Crippen molar-refractivity contribution in [3.05, 3.63) is 81.6 Å². The Morgan fingerprint density at radius 3 is 2.44 bits per heavy atom. The maximum absolute atomic E-state index is 13.1. The van der Waals surface area contributed by atoms with Crippen LogP contribution in [0.1, 0.15) is 21.8 Å². The van der Waals surface area contributed by atoms with Crippen LogP contribution in [-0.4, -0.2) is 16.7 Å². The van der Waals surface area contributed by atoms with Gasteiger partial charge in [-0.3, -0.25) is 14.5 Å². The van der Waals surface area contributed by atoms with Crippen LogP contribution >= 0.6 is 11.3 Å². The summed E-state index contributed by atoms with van der Waals surface area (Å²) in [5.41, 5.74) is 3.66. The zero-order valence-corrected chi connectivity index (χ0v) is 15.8. The Morgan fingerprint density at radius 1 is 1.04 bits per heavy atom. The van der Waals surface area contributed by atoms with E-state index in [1.807, 2.05) is 43.5 Å². The Hall–Kier alpha value is -3.12. The number of rotatable bonds is 5. The minimum atomic E-state index is -0.348. The molecule has 0 bridgehead atoms. The third-order valence-electron chi connectivity index (χ3n) is 4.32. The van der Waals surface area contributed by atoms with E-state index >= 15 is 0 Å². The van der Waals surface area contributed by atoms with E-state index in [4.69, 9.17) is 4.42 Å². The summed E-state index contributed by atoms with van der Waals surface area (Å²) >= 11 is 1.44. The van der Waals surface area contributed by atoms with Crippen LogP contribution in [0.3, 0.4) is 0 Å². The molecule has 1 aliphatic rings. The molecule has 0 unspecified atom stereocenters. The van der Waals surface area contributed by atoms with Gasteiger partial charge in [-0.05, 0) is 60.7 Å². The first-order chi connectivity index (χ1) is 13.0. The number of furan rings is 1. The van der Waals surface area contributed by atoms with Crippen LogP contribution in [0.25, 0.3) is 5.57 Å². The van der Waals surface area contributed by atoms with Crippen LogP contribution in [-0.2, 0) is 16.1 Å². The van der Waals surface area contributed by atoms with Crippen molar-refractivity contribution in [2.24, 2.45) is 0 Å². The van der Waals surface area contributed by atoms with E-state index in [0.717, 1.165) is 21.7 Å². The molecule has 1 aromatic carbocycles. The second-order valence-corrected chi connectivity index (χ2v) is 7.45. The monoisotopic (exact) mass is 378 g/mol. The molecular formula is C21H18N2O3S. The summed E-state index contributed by atoms with van der Waals surface area (Å²) in [6, 6.07) is 13.2. The number of thiophene rings is 1. The highest BCUT2D eigenvalue weighted by Crippen LogP contribution is 2.34. The van der Waals surface area contributed by atoms with Crippen molar-refractivity contribution >= 4 is 34.4 Å². The van der Waals surface area contributed by atoms with Crippen molar-refractivity contribution in [1.29, 1.82) is 0 Å². The number of hydrogen-bond donors (Lipinski definition) is 1. The first-order valence-electron chi connectivity index (χ1n) is 8.55. The molecule has 1 N–H and O–H groups in total. The van der Waals surface area contributed by atoms with E-state index < -0.39 is 0 Å². The highest BCUT2D eigenvalue weighted by Gasteiger charge is 2.40. The number of nitrogens with zero attached hydrogens (tertiary/aromatic N) is 1. The van der Waals surface area contributed by atoms with Crippen LogP contribution in [0.2, 0.25) is 0 Å². The van der Waals surface area contributed by atoms with Gasteiger partial charge in [0.15, 0.2) is 0 Å². The third kappa shape index (κ3) is 3.31. The van der Waals surface area contributed by atoms with Crippen molar-refractivity contribution in [2.45, 2.75) is 20.4 Å². The maximum atomic E-state index is 13.1. The molecule has 0 spiro atoms.